The van der Waals surface area contributed by atoms with Crippen molar-refractivity contribution in [3.63, 3.8) is 0 Å². The molecule has 2 heterocycles. The van der Waals surface area contributed by atoms with E-state index in [-0.39, 0.29) is 6.10 Å². The Labute approximate surface area is 227 Å². The van der Waals surface area contributed by atoms with Crippen LogP contribution in [0.25, 0.3) is 21.6 Å². The SMILES string of the molecule is COc1cc(-c2sc(Cl)cc2NC(=O)OC(C)c2cccs2)ccc1-c1ccc(C2(C(=O)O)CC2)cc1. The lowest BCUT2D eigenvalue weighted by Crippen LogP contribution is -2.19. The number of aliphatic carboxylic acids is 1. The summed E-state index contributed by atoms with van der Waals surface area (Å²) in [7, 11) is 1.60. The number of hydrogen-bond acceptors (Lipinski definition) is 6. The molecule has 9 heteroatoms. The zero-order valence-electron chi connectivity index (χ0n) is 20.1. The predicted octanol–water partition coefficient (Wildman–Crippen LogP) is 8.23. The van der Waals surface area contributed by atoms with Crippen molar-refractivity contribution in [3.8, 4) is 27.3 Å². The summed E-state index contributed by atoms with van der Waals surface area (Å²) in [5.74, 6) is -0.125. The van der Waals surface area contributed by atoms with Crippen LogP contribution in [0.2, 0.25) is 4.34 Å². The zero-order chi connectivity index (χ0) is 26.2. The van der Waals surface area contributed by atoms with Gasteiger partial charge < -0.3 is 14.6 Å². The number of methoxy groups -OCH3 is 1. The molecule has 4 aromatic rings. The maximum Gasteiger partial charge on any atom is 0.412 e. The molecule has 1 aliphatic rings. The second kappa shape index (κ2) is 10.2. The van der Waals surface area contributed by atoms with Crippen LogP contribution in [-0.2, 0) is 14.9 Å². The van der Waals surface area contributed by atoms with E-state index in [0.717, 1.165) is 32.0 Å². The van der Waals surface area contributed by atoms with Gasteiger partial charge in [0.15, 0.2) is 0 Å². The molecule has 37 heavy (non-hydrogen) atoms. The van der Waals surface area contributed by atoms with Crippen molar-refractivity contribution in [2.24, 2.45) is 0 Å². The number of carbonyl (C=O) groups excluding carboxylic acids is 1. The molecule has 2 aromatic carbocycles. The highest BCUT2D eigenvalue weighted by atomic mass is 35.5. The molecule has 1 saturated carbocycles. The van der Waals surface area contributed by atoms with Gasteiger partial charge in [0.2, 0.25) is 0 Å². The Kier molecular flexibility index (Phi) is 6.98. The highest BCUT2D eigenvalue weighted by Crippen LogP contribution is 2.49. The third kappa shape index (κ3) is 5.09. The van der Waals surface area contributed by atoms with Crippen molar-refractivity contribution in [1.29, 1.82) is 0 Å². The Morgan fingerprint density at radius 2 is 1.81 bits per heavy atom. The highest BCUT2D eigenvalue weighted by Gasteiger charge is 2.51. The van der Waals surface area contributed by atoms with Crippen LogP contribution in [-0.4, -0.2) is 24.3 Å². The van der Waals surface area contributed by atoms with E-state index in [9.17, 15) is 14.7 Å². The van der Waals surface area contributed by atoms with E-state index in [1.807, 2.05) is 66.9 Å². The standard InChI is InChI=1S/C28H24ClNO5S2/c1-16(23-4-3-13-36-23)35-27(33)30-21-15-24(29)37-25(21)18-7-10-20(22(14-18)34-2)17-5-8-19(9-6-17)28(11-12-28)26(31)32/h3-10,13-16H,11-12H2,1-2H3,(H,30,33)(H,31,32). The lowest BCUT2D eigenvalue weighted by molar-refractivity contribution is -0.140. The Morgan fingerprint density at radius 3 is 2.43 bits per heavy atom. The summed E-state index contributed by atoms with van der Waals surface area (Å²) in [5, 5.41) is 14.3. The van der Waals surface area contributed by atoms with E-state index < -0.39 is 17.5 Å². The van der Waals surface area contributed by atoms with Gasteiger partial charge in [0.05, 0.1) is 27.4 Å². The molecule has 0 saturated heterocycles. The smallest absolute Gasteiger partial charge is 0.412 e. The maximum absolute atomic E-state index is 12.6. The van der Waals surface area contributed by atoms with Crippen LogP contribution in [0.3, 0.4) is 0 Å². The van der Waals surface area contributed by atoms with Crippen molar-refractivity contribution < 1.29 is 24.2 Å². The molecule has 1 unspecified atom stereocenters. The Balaban J connectivity index is 1.38. The number of benzene rings is 2. The molecule has 190 valence electrons. The number of amides is 1. The number of carboxylic acids is 1. The topological polar surface area (TPSA) is 84.9 Å². The average Bonchev–Trinajstić information content (AvgIpc) is 3.35. The number of halogens is 1. The fourth-order valence-electron chi connectivity index (χ4n) is 4.34. The van der Waals surface area contributed by atoms with Gasteiger partial charge in [-0.05, 0) is 60.0 Å². The molecule has 0 spiro atoms. The summed E-state index contributed by atoms with van der Waals surface area (Å²) >= 11 is 9.20. The average molecular weight is 554 g/mol. The van der Waals surface area contributed by atoms with Crippen molar-refractivity contribution in [3.05, 3.63) is 80.8 Å². The van der Waals surface area contributed by atoms with Crippen LogP contribution in [0.15, 0.2) is 66.0 Å². The minimum atomic E-state index is -0.772. The molecule has 2 N–H and O–H groups in total. The van der Waals surface area contributed by atoms with Crippen LogP contribution < -0.4 is 10.1 Å². The van der Waals surface area contributed by atoms with Crippen molar-refractivity contribution in [2.75, 3.05) is 12.4 Å². The quantitative estimate of drug-likeness (QED) is 0.229. The molecular formula is C28H24ClNO5S2. The number of anilines is 1. The number of hydrogen-bond donors (Lipinski definition) is 2. The lowest BCUT2D eigenvalue weighted by atomic mass is 9.93. The van der Waals surface area contributed by atoms with E-state index in [0.29, 0.717) is 28.6 Å². The Hall–Kier alpha value is -3.33. The second-order valence-electron chi connectivity index (χ2n) is 8.86. The second-order valence-corrected chi connectivity index (χ2v) is 11.5. The minimum Gasteiger partial charge on any atom is -0.496 e. The molecule has 6 nitrogen and oxygen atoms in total. The summed E-state index contributed by atoms with van der Waals surface area (Å²) in [5.41, 5.74) is 3.27. The van der Waals surface area contributed by atoms with Crippen LogP contribution in [0.5, 0.6) is 5.75 Å². The number of rotatable bonds is 8. The van der Waals surface area contributed by atoms with E-state index in [4.69, 9.17) is 21.1 Å². The van der Waals surface area contributed by atoms with Crippen molar-refractivity contribution >= 4 is 52.0 Å². The third-order valence-corrected chi connectivity index (χ3v) is 8.88. The fourth-order valence-corrected chi connectivity index (χ4v) is 6.23. The summed E-state index contributed by atoms with van der Waals surface area (Å²) in [6, 6.07) is 18.9. The number of carbonyl (C=O) groups is 2. The molecule has 0 bridgehead atoms. The van der Waals surface area contributed by atoms with Gasteiger partial charge in [-0.15, -0.1) is 22.7 Å². The molecule has 0 aliphatic heterocycles. The Morgan fingerprint density at radius 1 is 1.08 bits per heavy atom. The summed E-state index contributed by atoms with van der Waals surface area (Å²) in [6.45, 7) is 1.83. The van der Waals surface area contributed by atoms with Crippen LogP contribution in [0, 0.1) is 0 Å². The lowest BCUT2D eigenvalue weighted by Gasteiger charge is -2.15. The first-order valence-corrected chi connectivity index (χ1v) is 13.7. The minimum absolute atomic E-state index is 0.367. The van der Waals surface area contributed by atoms with Crippen LogP contribution >= 0.6 is 34.3 Å². The van der Waals surface area contributed by atoms with Gasteiger partial charge in [-0.1, -0.05) is 54.1 Å². The molecule has 1 amide bonds. The monoisotopic (exact) mass is 553 g/mol. The number of nitrogens with one attached hydrogen (secondary N) is 1. The van der Waals surface area contributed by atoms with Crippen LogP contribution in [0.1, 0.15) is 36.3 Å². The molecule has 1 atom stereocenters. The first-order valence-electron chi connectivity index (χ1n) is 11.6. The molecule has 2 aromatic heterocycles. The molecule has 0 radical (unpaired) electrons. The van der Waals surface area contributed by atoms with Gasteiger partial charge in [-0.2, -0.15) is 0 Å². The largest absolute Gasteiger partial charge is 0.496 e. The number of carboxylic acid groups (broad SMARTS) is 1. The predicted molar refractivity (Wildman–Crippen MR) is 148 cm³/mol. The van der Waals surface area contributed by atoms with Crippen molar-refractivity contribution in [2.45, 2.75) is 31.3 Å². The molecule has 1 aliphatic carbocycles. The van der Waals surface area contributed by atoms with Crippen LogP contribution in [0.4, 0.5) is 10.5 Å². The van der Waals surface area contributed by atoms with Gasteiger partial charge in [0.25, 0.3) is 0 Å². The van der Waals surface area contributed by atoms with Gasteiger partial charge >= 0.3 is 12.1 Å². The number of ether oxygens (including phenoxy) is 2. The first kappa shape index (κ1) is 25.3. The molecular weight excluding hydrogens is 530 g/mol. The normalized spacial score (nSPS) is 14.6. The highest BCUT2D eigenvalue weighted by molar-refractivity contribution is 7.20. The van der Waals surface area contributed by atoms with Gasteiger partial charge in [0.1, 0.15) is 11.9 Å². The summed E-state index contributed by atoms with van der Waals surface area (Å²) in [6.07, 6.45) is 0.406. The van der Waals surface area contributed by atoms with Gasteiger partial charge in [-0.3, -0.25) is 10.1 Å². The third-order valence-electron chi connectivity index (χ3n) is 6.54. The summed E-state index contributed by atoms with van der Waals surface area (Å²) in [4.78, 5) is 26.0. The van der Waals surface area contributed by atoms with E-state index in [1.165, 1.54) is 22.7 Å². The van der Waals surface area contributed by atoms with E-state index in [2.05, 4.69) is 5.32 Å². The molecule has 1 fully saturated rings. The van der Waals surface area contributed by atoms with Gasteiger partial charge in [0, 0.05) is 10.4 Å². The number of thiophene rings is 2. The van der Waals surface area contributed by atoms with Crippen molar-refractivity contribution in [1.82, 2.24) is 0 Å². The van der Waals surface area contributed by atoms with E-state index in [1.54, 1.807) is 13.2 Å². The maximum atomic E-state index is 12.6. The van der Waals surface area contributed by atoms with E-state index >= 15 is 0 Å². The summed E-state index contributed by atoms with van der Waals surface area (Å²) < 4.78 is 11.8. The van der Waals surface area contributed by atoms with Gasteiger partial charge in [-0.25, -0.2) is 4.79 Å². The molecule has 5 rings (SSSR count). The first-order chi connectivity index (χ1) is 17.8. The Bertz CT molecular complexity index is 1440. The fraction of sp³-hybridized carbons (Fsp3) is 0.214. The zero-order valence-corrected chi connectivity index (χ0v) is 22.5.